The number of rotatable bonds is 1. The molecule has 0 unspecified atom stereocenters. The fraction of sp³-hybridized carbons (Fsp3) is 0.154. The molecule has 4 heteroatoms. The van der Waals surface area contributed by atoms with E-state index in [1.807, 2.05) is 42.8 Å². The normalized spacial score (nSPS) is 10.9. The zero-order chi connectivity index (χ0) is 11.8. The van der Waals surface area contributed by atoms with Crippen molar-refractivity contribution in [2.45, 2.75) is 6.92 Å². The van der Waals surface area contributed by atoms with Crippen LogP contribution in [0.1, 0.15) is 5.69 Å². The van der Waals surface area contributed by atoms with E-state index >= 15 is 0 Å². The third-order valence-electron chi connectivity index (χ3n) is 2.80. The lowest BCUT2D eigenvalue weighted by molar-refractivity contribution is 0.920. The predicted octanol–water partition coefficient (Wildman–Crippen LogP) is 2.34. The maximum Gasteiger partial charge on any atom is 0.164 e. The number of aryl methyl sites for hydroxylation is 2. The smallest absolute Gasteiger partial charge is 0.164 e. The molecule has 0 saturated carbocycles. The summed E-state index contributed by atoms with van der Waals surface area (Å²) in [5.41, 5.74) is 3.06. The first-order chi connectivity index (χ1) is 8.25. The Balaban J connectivity index is 2.39. The Kier molecular flexibility index (Phi) is 2.14. The molecule has 0 amide bonds. The maximum atomic E-state index is 4.52. The molecular formula is C13H12N4. The number of aromatic nitrogens is 4. The molecule has 0 fully saturated rings. The van der Waals surface area contributed by atoms with Crippen molar-refractivity contribution in [3.05, 3.63) is 42.4 Å². The van der Waals surface area contributed by atoms with Crippen molar-refractivity contribution in [2.75, 3.05) is 0 Å². The summed E-state index contributed by atoms with van der Waals surface area (Å²) in [7, 11) is 1.94. The van der Waals surface area contributed by atoms with Gasteiger partial charge in [-0.05, 0) is 19.1 Å². The van der Waals surface area contributed by atoms with Gasteiger partial charge < -0.3 is 4.57 Å². The van der Waals surface area contributed by atoms with E-state index in [9.17, 15) is 0 Å². The molecule has 0 radical (unpaired) electrons. The van der Waals surface area contributed by atoms with E-state index in [1.165, 1.54) is 0 Å². The maximum absolute atomic E-state index is 4.52. The van der Waals surface area contributed by atoms with E-state index in [-0.39, 0.29) is 0 Å². The van der Waals surface area contributed by atoms with Gasteiger partial charge in [0.15, 0.2) is 5.82 Å². The average Bonchev–Trinajstić information content (AvgIpc) is 2.74. The Bertz CT molecular complexity index is 685. The lowest BCUT2D eigenvalue weighted by atomic mass is 10.1. The highest BCUT2D eigenvalue weighted by molar-refractivity contribution is 5.92. The highest BCUT2D eigenvalue weighted by Crippen LogP contribution is 2.26. The molecule has 3 aromatic rings. The first kappa shape index (κ1) is 9.96. The number of nitrogens with zero attached hydrogens (tertiary/aromatic N) is 4. The van der Waals surface area contributed by atoms with E-state index in [4.69, 9.17) is 0 Å². The molecule has 3 rings (SSSR count). The summed E-state index contributed by atoms with van der Waals surface area (Å²) >= 11 is 0. The number of fused-ring (bicyclic) bond motifs is 1. The van der Waals surface area contributed by atoms with Gasteiger partial charge in [-0.25, -0.2) is 0 Å². The van der Waals surface area contributed by atoms with Crippen LogP contribution >= 0.6 is 0 Å². The fourth-order valence-corrected chi connectivity index (χ4v) is 2.02. The molecule has 0 atom stereocenters. The van der Waals surface area contributed by atoms with E-state index in [2.05, 4.69) is 21.2 Å². The van der Waals surface area contributed by atoms with Crippen LogP contribution in [0.15, 0.2) is 36.7 Å². The Labute approximate surface area is 98.9 Å². The zero-order valence-electron chi connectivity index (χ0n) is 9.75. The molecule has 4 nitrogen and oxygen atoms in total. The molecule has 1 aromatic carbocycles. The number of hydrogen-bond donors (Lipinski definition) is 0. The lowest BCUT2D eigenvalue weighted by Crippen LogP contribution is -1.94. The second-order valence-electron chi connectivity index (χ2n) is 4.09. The van der Waals surface area contributed by atoms with Crippen molar-refractivity contribution >= 4 is 10.9 Å². The monoisotopic (exact) mass is 224 g/mol. The summed E-state index contributed by atoms with van der Waals surface area (Å²) in [5.74, 6) is 0.867. The second-order valence-corrected chi connectivity index (χ2v) is 4.09. The Morgan fingerprint density at radius 2 is 2.00 bits per heavy atom. The molecule has 17 heavy (non-hydrogen) atoms. The van der Waals surface area contributed by atoms with Crippen LogP contribution in [0.25, 0.3) is 22.3 Å². The van der Waals surface area contributed by atoms with Crippen LogP contribution in [0.3, 0.4) is 0 Å². The molecule has 2 heterocycles. The summed E-state index contributed by atoms with van der Waals surface area (Å²) < 4.78 is 1.92. The van der Waals surface area contributed by atoms with Crippen molar-refractivity contribution in [3.8, 4) is 11.4 Å². The highest BCUT2D eigenvalue weighted by atomic mass is 15.2. The Morgan fingerprint density at radius 1 is 1.18 bits per heavy atom. The molecule has 0 bridgehead atoms. The summed E-state index contributed by atoms with van der Waals surface area (Å²) in [5, 5.41) is 9.20. The number of para-hydroxylation sites is 1. The third kappa shape index (κ3) is 1.58. The minimum Gasteiger partial charge on any atom is -0.317 e. The van der Waals surface area contributed by atoms with Crippen molar-refractivity contribution < 1.29 is 0 Å². The van der Waals surface area contributed by atoms with Gasteiger partial charge in [0.2, 0.25) is 0 Å². The third-order valence-corrected chi connectivity index (χ3v) is 2.80. The van der Waals surface area contributed by atoms with Gasteiger partial charge in [-0.1, -0.05) is 18.2 Å². The SMILES string of the molecule is Cc1cc(-c2nncn2C)c2ccccc2n1. The molecule has 2 aromatic heterocycles. The number of benzene rings is 1. The largest absolute Gasteiger partial charge is 0.317 e. The molecule has 0 spiro atoms. The topological polar surface area (TPSA) is 43.6 Å². The van der Waals surface area contributed by atoms with Crippen LogP contribution in [0.4, 0.5) is 0 Å². The Hall–Kier alpha value is -2.23. The van der Waals surface area contributed by atoms with E-state index < -0.39 is 0 Å². The van der Waals surface area contributed by atoms with Gasteiger partial charge in [-0.2, -0.15) is 0 Å². The van der Waals surface area contributed by atoms with E-state index in [0.717, 1.165) is 28.0 Å². The fourth-order valence-electron chi connectivity index (χ4n) is 2.02. The Morgan fingerprint density at radius 3 is 2.76 bits per heavy atom. The molecule has 0 saturated heterocycles. The van der Waals surface area contributed by atoms with E-state index in [0.29, 0.717) is 0 Å². The second kappa shape index (κ2) is 3.66. The summed E-state index contributed by atoms with van der Waals surface area (Å²) in [6, 6.07) is 10.1. The minimum atomic E-state index is 0.867. The van der Waals surface area contributed by atoms with Crippen LogP contribution in [-0.4, -0.2) is 19.7 Å². The van der Waals surface area contributed by atoms with E-state index in [1.54, 1.807) is 6.33 Å². The van der Waals surface area contributed by atoms with Crippen LogP contribution in [0, 0.1) is 6.92 Å². The summed E-state index contributed by atoms with van der Waals surface area (Å²) in [6.45, 7) is 1.99. The van der Waals surface area contributed by atoms with Gasteiger partial charge in [-0.3, -0.25) is 4.98 Å². The predicted molar refractivity (Wildman–Crippen MR) is 66.5 cm³/mol. The quantitative estimate of drug-likeness (QED) is 0.637. The van der Waals surface area contributed by atoms with Crippen molar-refractivity contribution in [1.82, 2.24) is 19.7 Å². The summed E-state index contributed by atoms with van der Waals surface area (Å²) in [6.07, 6.45) is 1.71. The molecule has 84 valence electrons. The van der Waals surface area contributed by atoms with Gasteiger partial charge >= 0.3 is 0 Å². The molecule has 0 N–H and O–H groups in total. The minimum absolute atomic E-state index is 0.867. The number of pyridine rings is 1. The molecule has 0 aliphatic heterocycles. The molecule has 0 aliphatic carbocycles. The van der Waals surface area contributed by atoms with Gasteiger partial charge in [0, 0.05) is 23.7 Å². The van der Waals surface area contributed by atoms with Crippen molar-refractivity contribution in [2.24, 2.45) is 7.05 Å². The first-order valence-corrected chi connectivity index (χ1v) is 5.46. The van der Waals surface area contributed by atoms with Crippen molar-refractivity contribution in [1.29, 1.82) is 0 Å². The molecular weight excluding hydrogens is 212 g/mol. The highest BCUT2D eigenvalue weighted by Gasteiger charge is 2.10. The lowest BCUT2D eigenvalue weighted by Gasteiger charge is -2.06. The van der Waals surface area contributed by atoms with Crippen molar-refractivity contribution in [3.63, 3.8) is 0 Å². The summed E-state index contributed by atoms with van der Waals surface area (Å²) in [4.78, 5) is 4.52. The van der Waals surface area contributed by atoms with Gasteiger partial charge in [0.1, 0.15) is 6.33 Å². The molecule has 0 aliphatic rings. The van der Waals surface area contributed by atoms with Crippen LogP contribution in [-0.2, 0) is 7.05 Å². The van der Waals surface area contributed by atoms with Gasteiger partial charge in [0.05, 0.1) is 5.52 Å². The number of hydrogen-bond acceptors (Lipinski definition) is 3. The standard InChI is InChI=1S/C13H12N4/c1-9-7-11(13-16-14-8-17(13)2)10-5-3-4-6-12(10)15-9/h3-8H,1-2H3. The zero-order valence-corrected chi connectivity index (χ0v) is 9.75. The van der Waals surface area contributed by atoms with Crippen LogP contribution in [0.2, 0.25) is 0 Å². The first-order valence-electron chi connectivity index (χ1n) is 5.46. The van der Waals surface area contributed by atoms with Crippen LogP contribution in [0.5, 0.6) is 0 Å². The van der Waals surface area contributed by atoms with Gasteiger partial charge in [-0.15, -0.1) is 10.2 Å². The van der Waals surface area contributed by atoms with Crippen LogP contribution < -0.4 is 0 Å². The average molecular weight is 224 g/mol. The van der Waals surface area contributed by atoms with Gasteiger partial charge in [0.25, 0.3) is 0 Å².